The van der Waals surface area contributed by atoms with Gasteiger partial charge in [0.2, 0.25) is 0 Å². The molecule has 1 unspecified atom stereocenters. The second kappa shape index (κ2) is 5.08. The predicted molar refractivity (Wildman–Crippen MR) is 55.0 cm³/mol. The van der Waals surface area contributed by atoms with E-state index in [-0.39, 0.29) is 11.7 Å². The third kappa shape index (κ3) is 3.37. The molecule has 0 aliphatic heterocycles. The van der Waals surface area contributed by atoms with Crippen LogP contribution in [0.3, 0.4) is 0 Å². The smallest absolute Gasteiger partial charge is 0.269 e. The molecule has 5 heteroatoms. The van der Waals surface area contributed by atoms with Gasteiger partial charge in [-0.15, -0.1) is 0 Å². The van der Waals surface area contributed by atoms with Crippen molar-refractivity contribution in [1.29, 1.82) is 5.26 Å². The molecule has 15 heavy (non-hydrogen) atoms. The average Bonchev–Trinajstić information content (AvgIpc) is 2.26. The first-order chi connectivity index (χ1) is 7.13. The van der Waals surface area contributed by atoms with Gasteiger partial charge >= 0.3 is 0 Å². The normalized spacial score (nSPS) is 11.7. The van der Waals surface area contributed by atoms with Gasteiger partial charge in [0.15, 0.2) is 0 Å². The van der Waals surface area contributed by atoms with E-state index in [0.717, 1.165) is 5.56 Å². The van der Waals surface area contributed by atoms with Gasteiger partial charge in [0.1, 0.15) is 0 Å². The molecule has 1 aromatic carbocycles. The third-order valence-corrected chi connectivity index (χ3v) is 1.93. The van der Waals surface area contributed by atoms with Crippen LogP contribution >= 0.6 is 0 Å². The minimum atomic E-state index is -0.433. The van der Waals surface area contributed by atoms with Crippen LogP contribution in [-0.2, 0) is 6.54 Å². The second-order valence-electron chi connectivity index (χ2n) is 3.16. The number of nitriles is 1. The van der Waals surface area contributed by atoms with Crippen LogP contribution < -0.4 is 5.32 Å². The Morgan fingerprint density at radius 1 is 1.67 bits per heavy atom. The number of nitrogens with zero attached hydrogens (tertiary/aromatic N) is 2. The maximum atomic E-state index is 10.5. The van der Waals surface area contributed by atoms with Crippen LogP contribution in [0.4, 0.5) is 5.69 Å². The fourth-order valence-electron chi connectivity index (χ4n) is 1.10. The zero-order valence-electron chi connectivity index (χ0n) is 8.30. The Hall–Kier alpha value is -1.93. The Morgan fingerprint density at radius 2 is 2.40 bits per heavy atom. The van der Waals surface area contributed by atoms with Crippen LogP contribution in [0.25, 0.3) is 0 Å². The molecule has 0 aliphatic carbocycles. The van der Waals surface area contributed by atoms with Crippen LogP contribution in [0.15, 0.2) is 24.3 Å². The lowest BCUT2D eigenvalue weighted by Crippen LogP contribution is -2.23. The Bertz CT molecular complexity index is 398. The van der Waals surface area contributed by atoms with E-state index in [1.54, 1.807) is 19.1 Å². The lowest BCUT2D eigenvalue weighted by Gasteiger charge is -2.05. The first-order valence-corrected chi connectivity index (χ1v) is 4.50. The van der Waals surface area contributed by atoms with Crippen molar-refractivity contribution in [2.24, 2.45) is 0 Å². The van der Waals surface area contributed by atoms with Crippen molar-refractivity contribution in [3.05, 3.63) is 39.9 Å². The van der Waals surface area contributed by atoms with Gasteiger partial charge in [-0.1, -0.05) is 12.1 Å². The van der Waals surface area contributed by atoms with Crippen molar-refractivity contribution in [3.63, 3.8) is 0 Å². The number of hydrogen-bond acceptors (Lipinski definition) is 4. The molecule has 1 rings (SSSR count). The fourth-order valence-corrected chi connectivity index (χ4v) is 1.10. The first-order valence-electron chi connectivity index (χ1n) is 4.50. The number of nitrogens with one attached hydrogen (secondary N) is 1. The standard InChI is InChI=1S/C10H11N3O2/c1-8(6-11)12-7-9-3-2-4-10(5-9)13(14)15/h2-5,8,12H,7H2,1H3. The van der Waals surface area contributed by atoms with Crippen molar-refractivity contribution in [2.45, 2.75) is 19.5 Å². The van der Waals surface area contributed by atoms with E-state index in [9.17, 15) is 10.1 Å². The highest BCUT2D eigenvalue weighted by molar-refractivity contribution is 5.34. The Balaban J connectivity index is 2.67. The number of nitro benzene ring substituents is 1. The molecule has 1 atom stereocenters. The predicted octanol–water partition coefficient (Wildman–Crippen LogP) is 1.60. The van der Waals surface area contributed by atoms with Gasteiger partial charge in [0, 0.05) is 18.7 Å². The summed E-state index contributed by atoms with van der Waals surface area (Å²) in [5.74, 6) is 0. The highest BCUT2D eigenvalue weighted by atomic mass is 16.6. The highest BCUT2D eigenvalue weighted by Gasteiger charge is 2.05. The van der Waals surface area contributed by atoms with Crippen LogP contribution in [0.2, 0.25) is 0 Å². The van der Waals surface area contributed by atoms with E-state index in [2.05, 4.69) is 5.32 Å². The quantitative estimate of drug-likeness (QED) is 0.598. The molecule has 5 nitrogen and oxygen atoms in total. The molecule has 0 aliphatic rings. The molecule has 0 heterocycles. The molecule has 0 saturated heterocycles. The van der Waals surface area contributed by atoms with Crippen molar-refractivity contribution < 1.29 is 4.92 Å². The van der Waals surface area contributed by atoms with Gasteiger partial charge in [-0.05, 0) is 12.5 Å². The summed E-state index contributed by atoms with van der Waals surface area (Å²) >= 11 is 0. The van der Waals surface area contributed by atoms with Gasteiger partial charge < -0.3 is 0 Å². The minimum Gasteiger partial charge on any atom is -0.298 e. The number of non-ortho nitro benzene ring substituents is 1. The van der Waals surface area contributed by atoms with Crippen molar-refractivity contribution in [3.8, 4) is 6.07 Å². The van der Waals surface area contributed by atoms with E-state index in [1.165, 1.54) is 12.1 Å². The summed E-state index contributed by atoms with van der Waals surface area (Å²) in [4.78, 5) is 10.0. The van der Waals surface area contributed by atoms with Gasteiger partial charge in [-0.25, -0.2) is 0 Å². The number of hydrogen-bond donors (Lipinski definition) is 1. The summed E-state index contributed by atoms with van der Waals surface area (Å²) in [6.45, 7) is 2.19. The SMILES string of the molecule is CC(C#N)NCc1cccc([N+](=O)[O-])c1. The van der Waals surface area contributed by atoms with Crippen LogP contribution in [-0.4, -0.2) is 11.0 Å². The fraction of sp³-hybridized carbons (Fsp3) is 0.300. The number of benzene rings is 1. The molecule has 1 aromatic rings. The molecule has 78 valence electrons. The molecule has 0 fully saturated rings. The first kappa shape index (κ1) is 11.1. The Labute approximate surface area is 87.5 Å². The monoisotopic (exact) mass is 205 g/mol. The molecule has 0 amide bonds. The largest absolute Gasteiger partial charge is 0.298 e. The van der Waals surface area contributed by atoms with E-state index in [0.29, 0.717) is 6.54 Å². The number of rotatable bonds is 4. The lowest BCUT2D eigenvalue weighted by molar-refractivity contribution is -0.384. The molecular formula is C10H11N3O2. The van der Waals surface area contributed by atoms with Gasteiger partial charge in [-0.2, -0.15) is 5.26 Å². The summed E-state index contributed by atoms with van der Waals surface area (Å²) in [6, 6.07) is 8.12. The van der Waals surface area contributed by atoms with Crippen molar-refractivity contribution >= 4 is 5.69 Å². The number of nitro groups is 1. The van der Waals surface area contributed by atoms with Gasteiger partial charge in [0.05, 0.1) is 17.0 Å². The van der Waals surface area contributed by atoms with Crippen LogP contribution in [0, 0.1) is 21.4 Å². The maximum Gasteiger partial charge on any atom is 0.269 e. The maximum absolute atomic E-state index is 10.5. The summed E-state index contributed by atoms with van der Waals surface area (Å²) in [5, 5.41) is 21.9. The Morgan fingerprint density at radius 3 is 3.00 bits per heavy atom. The van der Waals surface area contributed by atoms with E-state index >= 15 is 0 Å². The van der Waals surface area contributed by atoms with Crippen molar-refractivity contribution in [1.82, 2.24) is 5.32 Å². The van der Waals surface area contributed by atoms with Crippen molar-refractivity contribution in [2.75, 3.05) is 0 Å². The van der Waals surface area contributed by atoms with E-state index < -0.39 is 4.92 Å². The molecular weight excluding hydrogens is 194 g/mol. The van der Waals surface area contributed by atoms with Gasteiger partial charge in [-0.3, -0.25) is 15.4 Å². The molecule has 0 bridgehead atoms. The second-order valence-corrected chi connectivity index (χ2v) is 3.16. The molecule has 0 aromatic heterocycles. The zero-order valence-corrected chi connectivity index (χ0v) is 8.30. The van der Waals surface area contributed by atoms with E-state index in [4.69, 9.17) is 5.26 Å². The van der Waals surface area contributed by atoms with Crippen LogP contribution in [0.5, 0.6) is 0 Å². The zero-order chi connectivity index (χ0) is 11.3. The highest BCUT2D eigenvalue weighted by Crippen LogP contribution is 2.12. The lowest BCUT2D eigenvalue weighted by atomic mass is 10.2. The van der Waals surface area contributed by atoms with Crippen LogP contribution in [0.1, 0.15) is 12.5 Å². The molecule has 0 saturated carbocycles. The molecule has 1 N–H and O–H groups in total. The van der Waals surface area contributed by atoms with Gasteiger partial charge in [0.25, 0.3) is 5.69 Å². The summed E-state index contributed by atoms with van der Waals surface area (Å²) in [7, 11) is 0. The minimum absolute atomic E-state index is 0.0684. The van der Waals surface area contributed by atoms with E-state index in [1.807, 2.05) is 6.07 Å². The molecule has 0 spiro atoms. The average molecular weight is 205 g/mol. The summed E-state index contributed by atoms with van der Waals surface area (Å²) < 4.78 is 0. The topological polar surface area (TPSA) is 79.0 Å². The summed E-state index contributed by atoms with van der Waals surface area (Å²) in [5.41, 5.74) is 0.866. The summed E-state index contributed by atoms with van der Waals surface area (Å²) in [6.07, 6.45) is 0. The Kier molecular flexibility index (Phi) is 3.77. The molecule has 0 radical (unpaired) electrons. The third-order valence-electron chi connectivity index (χ3n) is 1.93.